The molecule has 1 aliphatic rings. The Balaban J connectivity index is 1.34. The maximum Gasteiger partial charge on any atom is 0.253 e. The molecular formula is C27H29F2N7O3. The predicted molar refractivity (Wildman–Crippen MR) is 140 cm³/mol. The van der Waals surface area contributed by atoms with Crippen molar-refractivity contribution in [2.45, 2.75) is 32.2 Å². The van der Waals surface area contributed by atoms with Gasteiger partial charge in [-0.05, 0) is 43.0 Å². The topological polar surface area (TPSA) is 110 Å². The van der Waals surface area contributed by atoms with E-state index in [9.17, 15) is 9.18 Å². The maximum atomic E-state index is 15.2. The van der Waals surface area contributed by atoms with E-state index >= 15 is 4.39 Å². The first-order valence-electron chi connectivity index (χ1n) is 12.8. The van der Waals surface area contributed by atoms with Crippen molar-refractivity contribution >= 4 is 22.9 Å². The average molecular weight is 538 g/mol. The van der Waals surface area contributed by atoms with Gasteiger partial charge in [0.05, 0.1) is 6.61 Å². The van der Waals surface area contributed by atoms with Gasteiger partial charge in [-0.1, -0.05) is 6.92 Å². The first kappa shape index (κ1) is 26.4. The lowest BCUT2D eigenvalue weighted by atomic mass is 10.1. The molecule has 10 nitrogen and oxygen atoms in total. The van der Waals surface area contributed by atoms with Crippen molar-refractivity contribution in [3.8, 4) is 11.6 Å². The molecule has 0 saturated carbocycles. The van der Waals surface area contributed by atoms with Gasteiger partial charge in [0, 0.05) is 56.9 Å². The van der Waals surface area contributed by atoms with Gasteiger partial charge >= 0.3 is 0 Å². The number of rotatable bonds is 8. The molecule has 0 aliphatic carbocycles. The van der Waals surface area contributed by atoms with Crippen LogP contribution in [0, 0.1) is 11.6 Å². The van der Waals surface area contributed by atoms with E-state index in [0.717, 1.165) is 30.9 Å². The molecule has 0 spiro atoms. The number of piperidine rings is 1. The molecule has 1 saturated heterocycles. The minimum atomic E-state index is -0.800. The molecule has 4 aromatic rings. The second-order valence-corrected chi connectivity index (χ2v) is 9.42. The molecule has 0 unspecified atom stereocenters. The van der Waals surface area contributed by atoms with E-state index in [4.69, 9.17) is 9.84 Å². The number of aromatic nitrogens is 5. The number of aliphatic hydroxyl groups is 1. The summed E-state index contributed by atoms with van der Waals surface area (Å²) in [5.74, 6) is -1.45. The van der Waals surface area contributed by atoms with Crippen molar-refractivity contribution in [2.75, 3.05) is 38.2 Å². The van der Waals surface area contributed by atoms with Crippen LogP contribution in [0.2, 0.25) is 0 Å². The SMILES string of the molecule is CCc1cnc(N2CCC(n3cc(F)c4c(Oc5ccc(C(=O)N(C)CCO)cc5F)ncnc43)CC2)nc1. The molecule has 39 heavy (non-hydrogen) atoms. The summed E-state index contributed by atoms with van der Waals surface area (Å²) >= 11 is 0. The van der Waals surface area contributed by atoms with Gasteiger partial charge in [-0.25, -0.2) is 28.7 Å². The van der Waals surface area contributed by atoms with Gasteiger partial charge in [-0.15, -0.1) is 0 Å². The molecule has 5 rings (SSSR count). The van der Waals surface area contributed by atoms with E-state index in [1.54, 1.807) is 4.57 Å². The highest BCUT2D eigenvalue weighted by Crippen LogP contribution is 2.35. The number of hydrogen-bond donors (Lipinski definition) is 1. The largest absolute Gasteiger partial charge is 0.435 e. The minimum absolute atomic E-state index is 0.0103. The van der Waals surface area contributed by atoms with Gasteiger partial charge in [0.15, 0.2) is 23.0 Å². The quantitative estimate of drug-likeness (QED) is 0.362. The summed E-state index contributed by atoms with van der Waals surface area (Å²) in [6.07, 6.45) is 8.66. The Bertz CT molecular complexity index is 1470. The van der Waals surface area contributed by atoms with Crippen LogP contribution in [-0.2, 0) is 6.42 Å². The highest BCUT2D eigenvalue weighted by Gasteiger charge is 2.26. The fraction of sp³-hybridized carbons (Fsp3) is 0.370. The summed E-state index contributed by atoms with van der Waals surface area (Å²) in [5.41, 5.74) is 1.53. The summed E-state index contributed by atoms with van der Waals surface area (Å²) in [5, 5.41) is 9.08. The summed E-state index contributed by atoms with van der Waals surface area (Å²) in [7, 11) is 1.51. The van der Waals surface area contributed by atoms with Crippen molar-refractivity contribution in [1.29, 1.82) is 0 Å². The number of hydrogen-bond acceptors (Lipinski definition) is 8. The van der Waals surface area contributed by atoms with Gasteiger partial charge < -0.3 is 24.2 Å². The number of halogens is 2. The fourth-order valence-corrected chi connectivity index (χ4v) is 4.70. The van der Waals surface area contributed by atoms with Crippen molar-refractivity contribution < 1.29 is 23.4 Å². The lowest BCUT2D eigenvalue weighted by molar-refractivity contribution is 0.0766. The lowest BCUT2D eigenvalue weighted by Gasteiger charge is -2.32. The van der Waals surface area contributed by atoms with E-state index in [1.165, 1.54) is 36.6 Å². The van der Waals surface area contributed by atoms with Crippen LogP contribution in [0.25, 0.3) is 11.0 Å². The van der Waals surface area contributed by atoms with Crippen LogP contribution in [0.15, 0.2) is 43.1 Å². The number of amides is 1. The summed E-state index contributed by atoms with van der Waals surface area (Å²) in [4.78, 5) is 33.1. The number of nitrogens with zero attached hydrogens (tertiary/aromatic N) is 7. The highest BCUT2D eigenvalue weighted by molar-refractivity contribution is 5.94. The number of carbonyl (C=O) groups is 1. The lowest BCUT2D eigenvalue weighted by Crippen LogP contribution is -2.35. The Morgan fingerprint density at radius 2 is 1.87 bits per heavy atom. The third kappa shape index (κ3) is 5.37. The molecule has 1 fully saturated rings. The molecular weight excluding hydrogens is 508 g/mol. The first-order chi connectivity index (χ1) is 18.9. The maximum absolute atomic E-state index is 15.2. The minimum Gasteiger partial charge on any atom is -0.435 e. The van der Waals surface area contributed by atoms with Crippen LogP contribution in [0.4, 0.5) is 14.7 Å². The first-order valence-corrected chi connectivity index (χ1v) is 12.8. The van der Waals surface area contributed by atoms with Gasteiger partial charge in [0.2, 0.25) is 11.8 Å². The van der Waals surface area contributed by atoms with E-state index in [1.807, 2.05) is 12.4 Å². The molecule has 4 heterocycles. The molecule has 1 N–H and O–H groups in total. The molecule has 0 bridgehead atoms. The zero-order valence-electron chi connectivity index (χ0n) is 21.7. The highest BCUT2D eigenvalue weighted by atomic mass is 19.1. The third-order valence-corrected chi connectivity index (χ3v) is 6.94. The second kappa shape index (κ2) is 11.3. The van der Waals surface area contributed by atoms with Crippen LogP contribution >= 0.6 is 0 Å². The summed E-state index contributed by atoms with van der Waals surface area (Å²) < 4.78 is 37.5. The number of fused-ring (bicyclic) bond motifs is 1. The van der Waals surface area contributed by atoms with Crippen molar-refractivity contribution in [3.05, 3.63) is 65.9 Å². The predicted octanol–water partition coefficient (Wildman–Crippen LogP) is 3.76. The molecule has 12 heteroatoms. The smallest absolute Gasteiger partial charge is 0.253 e. The molecule has 204 valence electrons. The number of aryl methyl sites for hydroxylation is 1. The second-order valence-electron chi connectivity index (χ2n) is 9.42. The zero-order valence-corrected chi connectivity index (χ0v) is 21.7. The van der Waals surface area contributed by atoms with Gasteiger partial charge in [0.25, 0.3) is 5.91 Å². The monoisotopic (exact) mass is 537 g/mol. The van der Waals surface area contributed by atoms with Gasteiger partial charge in [-0.3, -0.25) is 4.79 Å². The molecule has 1 aromatic carbocycles. The summed E-state index contributed by atoms with van der Waals surface area (Å²) in [6.45, 7) is 3.37. The number of aliphatic hydroxyl groups excluding tert-OH is 1. The summed E-state index contributed by atoms with van der Waals surface area (Å²) in [6, 6.07) is 3.73. The van der Waals surface area contributed by atoms with E-state index in [2.05, 4.69) is 31.8 Å². The Labute approximate surface area is 223 Å². The van der Waals surface area contributed by atoms with E-state index in [0.29, 0.717) is 24.7 Å². The van der Waals surface area contributed by atoms with Gasteiger partial charge in [-0.2, -0.15) is 0 Å². The van der Waals surface area contributed by atoms with Crippen LogP contribution in [0.1, 0.15) is 41.7 Å². The van der Waals surface area contributed by atoms with Crippen molar-refractivity contribution in [1.82, 2.24) is 29.4 Å². The molecule has 1 amide bonds. The Hall–Kier alpha value is -4.19. The van der Waals surface area contributed by atoms with Crippen LogP contribution in [0.5, 0.6) is 11.6 Å². The van der Waals surface area contributed by atoms with Crippen molar-refractivity contribution in [2.24, 2.45) is 0 Å². The number of carbonyl (C=O) groups excluding carboxylic acids is 1. The average Bonchev–Trinajstić information content (AvgIpc) is 3.31. The Morgan fingerprint density at radius 3 is 2.54 bits per heavy atom. The third-order valence-electron chi connectivity index (χ3n) is 6.94. The van der Waals surface area contributed by atoms with E-state index < -0.39 is 17.5 Å². The van der Waals surface area contributed by atoms with Crippen LogP contribution < -0.4 is 9.64 Å². The van der Waals surface area contributed by atoms with Crippen LogP contribution in [-0.4, -0.2) is 73.7 Å². The van der Waals surface area contributed by atoms with E-state index in [-0.39, 0.29) is 41.8 Å². The normalized spacial score (nSPS) is 14.1. The fourth-order valence-electron chi connectivity index (χ4n) is 4.70. The Kier molecular flexibility index (Phi) is 7.64. The molecule has 0 atom stereocenters. The van der Waals surface area contributed by atoms with Crippen molar-refractivity contribution in [3.63, 3.8) is 0 Å². The number of likely N-dealkylation sites (N-methyl/N-ethyl adjacent to an activating group) is 1. The number of ether oxygens (including phenoxy) is 1. The molecule has 3 aromatic heterocycles. The van der Waals surface area contributed by atoms with Crippen LogP contribution in [0.3, 0.4) is 0 Å². The molecule has 0 radical (unpaired) electrons. The number of benzene rings is 1. The molecule has 1 aliphatic heterocycles. The zero-order chi connectivity index (χ0) is 27.5. The van der Waals surface area contributed by atoms with Gasteiger partial charge in [0.1, 0.15) is 11.7 Å². The Morgan fingerprint density at radius 1 is 1.13 bits per heavy atom. The standard InChI is InChI=1S/C27H29F2N7O3/c1-3-17-13-30-27(31-14-17)35-8-6-19(7-9-35)36-15-21(29)23-24(36)32-16-33-25(23)39-22-5-4-18(12-20(22)28)26(38)34(2)10-11-37/h4-5,12-16,19,37H,3,6-11H2,1-2H3. The number of anilines is 1.